The van der Waals surface area contributed by atoms with Crippen LogP contribution in [0, 0.1) is 11.8 Å². The van der Waals surface area contributed by atoms with Gasteiger partial charge in [-0.15, -0.1) is 0 Å². The fourth-order valence-corrected chi connectivity index (χ4v) is 3.82. The third-order valence-electron chi connectivity index (χ3n) is 4.80. The summed E-state index contributed by atoms with van der Waals surface area (Å²) in [5.41, 5.74) is 0.797. The Balaban J connectivity index is 2.00. The topological polar surface area (TPSA) is 66.4 Å². The molecule has 1 aliphatic carbocycles. The number of hydrogen-bond acceptors (Lipinski definition) is 3. The lowest BCUT2D eigenvalue weighted by Crippen LogP contribution is -2.47. The highest BCUT2D eigenvalue weighted by Gasteiger charge is 2.58. The van der Waals surface area contributed by atoms with E-state index in [9.17, 15) is 14.7 Å². The molecule has 3 unspecified atom stereocenters. The van der Waals surface area contributed by atoms with E-state index in [0.717, 1.165) is 5.56 Å². The molecule has 1 fully saturated rings. The van der Waals surface area contributed by atoms with Gasteiger partial charge in [-0.2, -0.15) is 0 Å². The number of imide groups is 1. The summed E-state index contributed by atoms with van der Waals surface area (Å²) in [6.45, 7) is 0. The minimum atomic E-state index is -1.48. The quantitative estimate of drug-likeness (QED) is 0.780. The molecule has 2 N–H and O–H groups in total. The molecule has 0 radical (unpaired) electrons. The standard InChI is InChI=1S/C18H15NO3/c20-16-13-10-11-6-4-5-9-14(11)18(22,15(13)17(21)19-16)12-7-2-1-3-8-12/h1-9,13,15,22H,10H2,(H,19,20,21). The smallest absolute Gasteiger partial charge is 0.234 e. The number of nitrogens with one attached hydrogen (secondary N) is 1. The Morgan fingerprint density at radius 3 is 2.41 bits per heavy atom. The first kappa shape index (κ1) is 13.2. The molecule has 0 aromatic heterocycles. The first-order chi connectivity index (χ1) is 10.6. The average molecular weight is 293 g/mol. The maximum Gasteiger partial charge on any atom is 0.234 e. The second-order valence-electron chi connectivity index (χ2n) is 5.93. The van der Waals surface area contributed by atoms with E-state index >= 15 is 0 Å². The Bertz CT molecular complexity index is 771. The number of amides is 2. The van der Waals surface area contributed by atoms with E-state index in [-0.39, 0.29) is 5.91 Å². The molecule has 22 heavy (non-hydrogen) atoms. The third-order valence-corrected chi connectivity index (χ3v) is 4.80. The number of carbonyl (C=O) groups excluding carboxylic acids is 2. The van der Waals surface area contributed by atoms with Crippen molar-refractivity contribution in [2.75, 3.05) is 0 Å². The van der Waals surface area contributed by atoms with E-state index in [2.05, 4.69) is 5.32 Å². The number of fused-ring (bicyclic) bond motifs is 2. The van der Waals surface area contributed by atoms with Gasteiger partial charge in [-0.05, 0) is 23.1 Å². The minimum Gasteiger partial charge on any atom is -0.380 e. The molecule has 1 saturated heterocycles. The van der Waals surface area contributed by atoms with E-state index in [1.165, 1.54) is 0 Å². The van der Waals surface area contributed by atoms with Gasteiger partial charge in [0.15, 0.2) is 0 Å². The summed E-state index contributed by atoms with van der Waals surface area (Å²) in [6, 6.07) is 16.6. The third kappa shape index (κ3) is 1.61. The van der Waals surface area contributed by atoms with Gasteiger partial charge < -0.3 is 5.11 Å². The summed E-state index contributed by atoms with van der Waals surface area (Å²) in [5, 5.41) is 13.9. The molecule has 110 valence electrons. The summed E-state index contributed by atoms with van der Waals surface area (Å²) >= 11 is 0. The van der Waals surface area contributed by atoms with Crippen LogP contribution >= 0.6 is 0 Å². The summed E-state index contributed by atoms with van der Waals surface area (Å²) in [7, 11) is 0. The lowest BCUT2D eigenvalue weighted by molar-refractivity contribution is -0.131. The SMILES string of the molecule is O=C1NC(=O)C2C1Cc1ccccc1C2(O)c1ccccc1. The van der Waals surface area contributed by atoms with Crippen molar-refractivity contribution in [1.29, 1.82) is 0 Å². The maximum absolute atomic E-state index is 12.3. The summed E-state index contributed by atoms with van der Waals surface area (Å²) in [4.78, 5) is 24.4. The monoisotopic (exact) mass is 293 g/mol. The van der Waals surface area contributed by atoms with Crippen LogP contribution in [0.1, 0.15) is 16.7 Å². The second-order valence-corrected chi connectivity index (χ2v) is 5.93. The Morgan fingerprint density at radius 1 is 0.955 bits per heavy atom. The Labute approximate surface area is 127 Å². The molecule has 2 aromatic rings. The van der Waals surface area contributed by atoms with Crippen LogP contribution in [0.4, 0.5) is 0 Å². The van der Waals surface area contributed by atoms with Crippen molar-refractivity contribution in [3.05, 3.63) is 71.3 Å². The summed E-state index contributed by atoms with van der Waals surface area (Å²) in [5.74, 6) is -1.99. The summed E-state index contributed by atoms with van der Waals surface area (Å²) < 4.78 is 0. The number of rotatable bonds is 1. The number of carbonyl (C=O) groups is 2. The zero-order chi connectivity index (χ0) is 15.3. The van der Waals surface area contributed by atoms with Crippen LogP contribution in [0.15, 0.2) is 54.6 Å². The average Bonchev–Trinajstić information content (AvgIpc) is 2.83. The molecule has 1 aliphatic heterocycles. The lowest BCUT2D eigenvalue weighted by Gasteiger charge is -2.41. The van der Waals surface area contributed by atoms with Crippen molar-refractivity contribution >= 4 is 11.8 Å². The van der Waals surface area contributed by atoms with Crippen molar-refractivity contribution in [2.24, 2.45) is 11.8 Å². The molecule has 4 rings (SSSR count). The van der Waals surface area contributed by atoms with Crippen LogP contribution in [-0.4, -0.2) is 16.9 Å². The number of benzene rings is 2. The first-order valence-electron chi connectivity index (χ1n) is 7.33. The van der Waals surface area contributed by atoms with Crippen molar-refractivity contribution in [3.8, 4) is 0 Å². The molecule has 0 saturated carbocycles. The Kier molecular flexibility index (Phi) is 2.71. The Morgan fingerprint density at radius 2 is 1.64 bits per heavy atom. The van der Waals surface area contributed by atoms with Gasteiger partial charge in [-0.25, -0.2) is 0 Å². The largest absolute Gasteiger partial charge is 0.380 e. The fraction of sp³-hybridized carbons (Fsp3) is 0.222. The molecule has 0 spiro atoms. The zero-order valence-electron chi connectivity index (χ0n) is 11.8. The molecule has 3 atom stereocenters. The molecule has 2 aromatic carbocycles. The van der Waals surface area contributed by atoms with E-state index in [4.69, 9.17) is 0 Å². The van der Waals surface area contributed by atoms with Gasteiger partial charge in [0.05, 0.1) is 11.8 Å². The van der Waals surface area contributed by atoms with E-state index in [0.29, 0.717) is 17.5 Å². The lowest BCUT2D eigenvalue weighted by atomic mass is 9.64. The van der Waals surface area contributed by atoms with E-state index in [1.807, 2.05) is 42.5 Å². The van der Waals surface area contributed by atoms with E-state index < -0.39 is 23.3 Å². The molecule has 0 bridgehead atoms. The molecular formula is C18H15NO3. The molecule has 2 aliphatic rings. The van der Waals surface area contributed by atoms with Gasteiger partial charge >= 0.3 is 0 Å². The second kappa shape index (κ2) is 4.52. The van der Waals surface area contributed by atoms with Crippen LogP contribution in [0.2, 0.25) is 0 Å². The molecule has 4 heteroatoms. The molecule has 2 amide bonds. The van der Waals surface area contributed by atoms with Gasteiger partial charge in [-0.3, -0.25) is 14.9 Å². The normalized spacial score (nSPS) is 29.7. The van der Waals surface area contributed by atoms with Crippen LogP contribution in [0.3, 0.4) is 0 Å². The highest BCUT2D eigenvalue weighted by atomic mass is 16.3. The minimum absolute atomic E-state index is 0.293. The van der Waals surface area contributed by atoms with Crippen LogP contribution in [0.5, 0.6) is 0 Å². The van der Waals surface area contributed by atoms with Gasteiger partial charge in [0.25, 0.3) is 0 Å². The van der Waals surface area contributed by atoms with Gasteiger partial charge in [-0.1, -0.05) is 54.6 Å². The fourth-order valence-electron chi connectivity index (χ4n) is 3.82. The first-order valence-corrected chi connectivity index (χ1v) is 7.33. The highest BCUT2D eigenvalue weighted by molar-refractivity contribution is 6.06. The highest BCUT2D eigenvalue weighted by Crippen LogP contribution is 2.48. The Hall–Kier alpha value is -2.46. The number of aliphatic hydroxyl groups is 1. The van der Waals surface area contributed by atoms with Gasteiger partial charge in [0.2, 0.25) is 11.8 Å². The van der Waals surface area contributed by atoms with Crippen LogP contribution in [-0.2, 0) is 21.6 Å². The predicted octanol–water partition coefficient (Wildman–Crippen LogP) is 1.37. The van der Waals surface area contributed by atoms with Crippen molar-refractivity contribution < 1.29 is 14.7 Å². The van der Waals surface area contributed by atoms with Crippen LogP contribution in [0.25, 0.3) is 0 Å². The summed E-state index contributed by atoms with van der Waals surface area (Å²) in [6.07, 6.45) is 0.480. The molecular weight excluding hydrogens is 278 g/mol. The molecule has 4 nitrogen and oxygen atoms in total. The van der Waals surface area contributed by atoms with Gasteiger partial charge in [0, 0.05) is 0 Å². The maximum atomic E-state index is 12.3. The van der Waals surface area contributed by atoms with Crippen molar-refractivity contribution in [2.45, 2.75) is 12.0 Å². The van der Waals surface area contributed by atoms with Crippen molar-refractivity contribution in [1.82, 2.24) is 5.32 Å². The predicted molar refractivity (Wildman–Crippen MR) is 79.7 cm³/mol. The van der Waals surface area contributed by atoms with Gasteiger partial charge in [0.1, 0.15) is 5.60 Å². The zero-order valence-corrected chi connectivity index (χ0v) is 11.8. The van der Waals surface area contributed by atoms with Crippen LogP contribution < -0.4 is 5.32 Å². The molecule has 1 heterocycles. The number of hydrogen-bond donors (Lipinski definition) is 2. The van der Waals surface area contributed by atoms with E-state index in [1.54, 1.807) is 12.1 Å². The van der Waals surface area contributed by atoms with Crippen molar-refractivity contribution in [3.63, 3.8) is 0 Å².